The number of rotatable bonds is 3. The van der Waals surface area contributed by atoms with Gasteiger partial charge in [0.05, 0.1) is 6.61 Å². The van der Waals surface area contributed by atoms with Gasteiger partial charge < -0.3 is 10.1 Å². The Hall–Kier alpha value is -0.580. The number of nitrogens with one attached hydrogen (secondary N) is 1. The highest BCUT2D eigenvalue weighted by molar-refractivity contribution is 7.99. The van der Waals surface area contributed by atoms with Gasteiger partial charge in [0, 0.05) is 24.1 Å². The first kappa shape index (κ1) is 13.4. The number of thioether (sulfide) groups is 1. The average molecular weight is 281 g/mol. The highest BCUT2D eigenvalue weighted by Gasteiger charge is 2.24. The molecule has 0 bridgehead atoms. The number of fused-ring (bicyclic) bond motifs is 1. The molecule has 2 aliphatic rings. The van der Waals surface area contributed by atoms with E-state index in [9.17, 15) is 4.39 Å². The second-order valence-corrected chi connectivity index (χ2v) is 6.44. The Bertz CT molecular complexity index is 434. The van der Waals surface area contributed by atoms with Gasteiger partial charge in [-0.2, -0.15) is 0 Å². The van der Waals surface area contributed by atoms with Gasteiger partial charge in [-0.1, -0.05) is 12.1 Å². The molecule has 1 N–H and O–H groups in total. The molecule has 0 amide bonds. The van der Waals surface area contributed by atoms with Crippen molar-refractivity contribution in [3.63, 3.8) is 0 Å². The van der Waals surface area contributed by atoms with Crippen molar-refractivity contribution in [1.29, 1.82) is 0 Å². The maximum atomic E-state index is 13.8. The van der Waals surface area contributed by atoms with Gasteiger partial charge in [-0.3, -0.25) is 0 Å². The van der Waals surface area contributed by atoms with Gasteiger partial charge in [-0.25, -0.2) is 4.39 Å². The summed E-state index contributed by atoms with van der Waals surface area (Å²) < 4.78 is 19.3. The average Bonchev–Trinajstić information content (AvgIpc) is 2.47. The van der Waals surface area contributed by atoms with E-state index >= 15 is 0 Å². The van der Waals surface area contributed by atoms with Gasteiger partial charge in [-0.15, -0.1) is 11.8 Å². The molecule has 0 aliphatic carbocycles. The quantitative estimate of drug-likeness (QED) is 0.917. The molecule has 1 saturated heterocycles. The number of halogens is 1. The van der Waals surface area contributed by atoms with E-state index in [0.29, 0.717) is 12.0 Å². The van der Waals surface area contributed by atoms with Crippen molar-refractivity contribution >= 4 is 11.8 Å². The molecule has 2 nitrogen and oxygen atoms in total. The minimum atomic E-state index is -0.0741. The fourth-order valence-corrected chi connectivity index (χ4v) is 4.02. The molecule has 19 heavy (non-hydrogen) atoms. The van der Waals surface area contributed by atoms with Crippen molar-refractivity contribution in [3.05, 3.63) is 29.6 Å². The van der Waals surface area contributed by atoms with Crippen LogP contribution in [0.2, 0.25) is 0 Å². The lowest BCUT2D eigenvalue weighted by Gasteiger charge is -2.29. The Balaban J connectivity index is 1.64. The molecule has 2 atom stereocenters. The minimum absolute atomic E-state index is 0.0741. The highest BCUT2D eigenvalue weighted by Crippen LogP contribution is 2.37. The summed E-state index contributed by atoms with van der Waals surface area (Å²) >= 11 is 1.64. The molecule has 1 fully saturated rings. The van der Waals surface area contributed by atoms with Crippen LogP contribution in [0.15, 0.2) is 23.1 Å². The van der Waals surface area contributed by atoms with Crippen molar-refractivity contribution < 1.29 is 9.13 Å². The second-order valence-electron chi connectivity index (χ2n) is 5.34. The zero-order valence-electron chi connectivity index (χ0n) is 11.0. The fraction of sp³-hybridized carbons (Fsp3) is 0.600. The predicted octanol–water partition coefficient (Wildman–Crippen LogP) is 3.38. The van der Waals surface area contributed by atoms with Crippen LogP contribution in [0.3, 0.4) is 0 Å². The number of ether oxygens (including phenoxy) is 1. The molecule has 3 rings (SSSR count). The van der Waals surface area contributed by atoms with Crippen LogP contribution in [0, 0.1) is 11.7 Å². The van der Waals surface area contributed by atoms with Crippen molar-refractivity contribution in [3.8, 4) is 0 Å². The van der Waals surface area contributed by atoms with Gasteiger partial charge in [0.1, 0.15) is 5.82 Å². The molecule has 2 unspecified atom stereocenters. The van der Waals surface area contributed by atoms with Crippen LogP contribution in [0.4, 0.5) is 4.39 Å². The molecule has 104 valence electrons. The van der Waals surface area contributed by atoms with Crippen LogP contribution in [0.25, 0.3) is 0 Å². The minimum Gasteiger partial charge on any atom is -0.381 e. The summed E-state index contributed by atoms with van der Waals surface area (Å²) in [6.45, 7) is 2.75. The lowest BCUT2D eigenvalue weighted by molar-refractivity contribution is 0.0537. The Labute approximate surface area is 118 Å². The first-order valence-electron chi connectivity index (χ1n) is 7.07. The first-order valence-corrected chi connectivity index (χ1v) is 8.05. The molecule has 0 spiro atoms. The topological polar surface area (TPSA) is 21.3 Å². The standard InChI is InChI=1S/C15H20FNOS/c16-13-5-1-4-12-14(6-8-19-15(12)13)17-9-11-3-2-7-18-10-11/h1,4-5,11,14,17H,2-3,6-10H2. The van der Waals surface area contributed by atoms with Crippen LogP contribution < -0.4 is 5.32 Å². The van der Waals surface area contributed by atoms with Gasteiger partial charge in [0.15, 0.2) is 0 Å². The van der Waals surface area contributed by atoms with Crippen LogP contribution in [0.5, 0.6) is 0 Å². The second kappa shape index (κ2) is 6.25. The van der Waals surface area contributed by atoms with E-state index in [1.165, 1.54) is 6.42 Å². The van der Waals surface area contributed by atoms with E-state index in [1.807, 2.05) is 6.07 Å². The normalized spacial score (nSPS) is 27.0. The molecule has 2 heterocycles. The highest BCUT2D eigenvalue weighted by atomic mass is 32.2. The van der Waals surface area contributed by atoms with Gasteiger partial charge in [0.2, 0.25) is 0 Å². The summed E-state index contributed by atoms with van der Waals surface area (Å²) in [5.74, 6) is 1.53. The summed E-state index contributed by atoms with van der Waals surface area (Å²) in [4.78, 5) is 0.839. The molecule has 1 aromatic rings. The lowest BCUT2D eigenvalue weighted by Crippen LogP contribution is -2.33. The third kappa shape index (κ3) is 3.12. The molecule has 0 saturated carbocycles. The summed E-state index contributed by atoms with van der Waals surface area (Å²) in [7, 11) is 0. The molecular weight excluding hydrogens is 261 g/mol. The fourth-order valence-electron chi connectivity index (χ4n) is 2.88. The summed E-state index contributed by atoms with van der Waals surface area (Å²) in [6.07, 6.45) is 3.48. The first-order chi connectivity index (χ1) is 9.34. The molecule has 0 aromatic heterocycles. The monoisotopic (exact) mass is 281 g/mol. The Kier molecular flexibility index (Phi) is 4.41. The Morgan fingerprint density at radius 1 is 1.37 bits per heavy atom. The number of hydrogen-bond donors (Lipinski definition) is 1. The van der Waals surface area contributed by atoms with Gasteiger partial charge in [-0.05, 0) is 42.6 Å². The Morgan fingerprint density at radius 3 is 3.16 bits per heavy atom. The number of benzene rings is 1. The van der Waals surface area contributed by atoms with Crippen LogP contribution in [-0.2, 0) is 4.74 Å². The summed E-state index contributed by atoms with van der Waals surface area (Å²) in [6, 6.07) is 5.73. The molecule has 4 heteroatoms. The molecule has 2 aliphatic heterocycles. The third-order valence-corrected chi connectivity index (χ3v) is 5.09. The van der Waals surface area contributed by atoms with Gasteiger partial charge >= 0.3 is 0 Å². The van der Waals surface area contributed by atoms with E-state index in [1.54, 1.807) is 17.8 Å². The van der Waals surface area contributed by atoms with Crippen molar-refractivity contribution in [1.82, 2.24) is 5.32 Å². The maximum absolute atomic E-state index is 13.8. The van der Waals surface area contributed by atoms with E-state index in [4.69, 9.17) is 4.74 Å². The smallest absolute Gasteiger partial charge is 0.137 e. The van der Waals surface area contributed by atoms with E-state index < -0.39 is 0 Å². The maximum Gasteiger partial charge on any atom is 0.137 e. The largest absolute Gasteiger partial charge is 0.381 e. The van der Waals surface area contributed by atoms with Crippen LogP contribution in [-0.4, -0.2) is 25.5 Å². The lowest BCUT2D eigenvalue weighted by atomic mass is 9.99. The van der Waals surface area contributed by atoms with E-state index in [-0.39, 0.29) is 5.82 Å². The van der Waals surface area contributed by atoms with E-state index in [0.717, 1.165) is 48.8 Å². The molecule has 0 radical (unpaired) electrons. The third-order valence-electron chi connectivity index (χ3n) is 3.93. The van der Waals surface area contributed by atoms with Gasteiger partial charge in [0.25, 0.3) is 0 Å². The number of hydrogen-bond acceptors (Lipinski definition) is 3. The summed E-state index contributed by atoms with van der Waals surface area (Å²) in [5, 5.41) is 3.61. The van der Waals surface area contributed by atoms with Crippen molar-refractivity contribution in [2.45, 2.75) is 30.2 Å². The van der Waals surface area contributed by atoms with Crippen LogP contribution in [0.1, 0.15) is 30.9 Å². The van der Waals surface area contributed by atoms with Crippen molar-refractivity contribution in [2.75, 3.05) is 25.5 Å². The molecular formula is C15H20FNOS. The summed E-state index contributed by atoms with van der Waals surface area (Å²) in [5.41, 5.74) is 1.13. The SMILES string of the molecule is Fc1cccc2c1SCCC2NCC1CCCOC1. The van der Waals surface area contributed by atoms with E-state index in [2.05, 4.69) is 11.4 Å². The molecule has 1 aromatic carbocycles. The zero-order valence-corrected chi connectivity index (χ0v) is 11.8. The predicted molar refractivity (Wildman–Crippen MR) is 76.0 cm³/mol. The van der Waals surface area contributed by atoms with Crippen molar-refractivity contribution in [2.24, 2.45) is 5.92 Å². The Morgan fingerprint density at radius 2 is 2.32 bits per heavy atom. The van der Waals surface area contributed by atoms with Crippen LogP contribution >= 0.6 is 11.8 Å². The zero-order chi connectivity index (χ0) is 13.1.